The SMILES string of the molecule is CCCNC(C)c1sc(C(C)COC)nc1C. The average Bonchev–Trinajstić information content (AvgIpc) is 2.68. The zero-order chi connectivity index (χ0) is 12.8. The number of methoxy groups -OCH3 is 1. The van der Waals surface area contributed by atoms with Crippen LogP contribution in [-0.2, 0) is 4.74 Å². The van der Waals surface area contributed by atoms with Crippen LogP contribution in [0, 0.1) is 6.92 Å². The van der Waals surface area contributed by atoms with Crippen molar-refractivity contribution in [1.82, 2.24) is 10.3 Å². The second-order valence-electron chi connectivity index (χ2n) is 4.53. The maximum Gasteiger partial charge on any atom is 0.0982 e. The molecule has 0 amide bonds. The number of hydrogen-bond donors (Lipinski definition) is 1. The number of nitrogens with one attached hydrogen (secondary N) is 1. The van der Waals surface area contributed by atoms with Gasteiger partial charge in [-0.25, -0.2) is 4.98 Å². The molecule has 0 aromatic carbocycles. The van der Waals surface area contributed by atoms with Crippen molar-refractivity contribution in [2.75, 3.05) is 20.3 Å². The molecule has 17 heavy (non-hydrogen) atoms. The van der Waals surface area contributed by atoms with Gasteiger partial charge in [-0.2, -0.15) is 0 Å². The molecule has 0 aliphatic heterocycles. The fourth-order valence-corrected chi connectivity index (χ4v) is 2.95. The first-order valence-corrected chi connectivity index (χ1v) is 7.11. The third-order valence-corrected chi connectivity index (χ3v) is 4.35. The van der Waals surface area contributed by atoms with Crippen molar-refractivity contribution in [3.63, 3.8) is 0 Å². The van der Waals surface area contributed by atoms with E-state index in [2.05, 4.69) is 38.0 Å². The van der Waals surface area contributed by atoms with Gasteiger partial charge in [-0.15, -0.1) is 11.3 Å². The van der Waals surface area contributed by atoms with Gasteiger partial charge < -0.3 is 10.1 Å². The highest BCUT2D eigenvalue weighted by molar-refractivity contribution is 7.11. The topological polar surface area (TPSA) is 34.1 Å². The smallest absolute Gasteiger partial charge is 0.0982 e. The lowest BCUT2D eigenvalue weighted by molar-refractivity contribution is 0.184. The average molecular weight is 256 g/mol. The van der Waals surface area contributed by atoms with Gasteiger partial charge in [-0.3, -0.25) is 0 Å². The molecule has 98 valence electrons. The Morgan fingerprint density at radius 1 is 1.41 bits per heavy atom. The molecule has 0 aliphatic carbocycles. The van der Waals surface area contributed by atoms with Crippen molar-refractivity contribution in [1.29, 1.82) is 0 Å². The zero-order valence-electron chi connectivity index (χ0n) is 11.5. The van der Waals surface area contributed by atoms with Crippen LogP contribution in [0.25, 0.3) is 0 Å². The summed E-state index contributed by atoms with van der Waals surface area (Å²) in [6, 6.07) is 0.399. The van der Waals surface area contributed by atoms with Gasteiger partial charge in [0.15, 0.2) is 0 Å². The van der Waals surface area contributed by atoms with Crippen LogP contribution < -0.4 is 5.32 Å². The number of thiazole rings is 1. The second-order valence-corrected chi connectivity index (χ2v) is 5.60. The van der Waals surface area contributed by atoms with Crippen molar-refractivity contribution >= 4 is 11.3 Å². The summed E-state index contributed by atoms with van der Waals surface area (Å²) < 4.78 is 5.18. The number of hydrogen-bond acceptors (Lipinski definition) is 4. The summed E-state index contributed by atoms with van der Waals surface area (Å²) in [4.78, 5) is 6.01. The van der Waals surface area contributed by atoms with Gasteiger partial charge in [-0.05, 0) is 26.8 Å². The molecule has 1 heterocycles. The minimum Gasteiger partial charge on any atom is -0.384 e. The van der Waals surface area contributed by atoms with Crippen molar-refractivity contribution in [3.8, 4) is 0 Å². The fraction of sp³-hybridized carbons (Fsp3) is 0.769. The normalized spacial score (nSPS) is 14.9. The molecule has 1 aromatic rings. The summed E-state index contributed by atoms with van der Waals surface area (Å²) in [5.41, 5.74) is 1.16. The van der Waals surface area contributed by atoms with Gasteiger partial charge in [0, 0.05) is 23.9 Å². The first kappa shape index (κ1) is 14.6. The lowest BCUT2D eigenvalue weighted by atomic mass is 10.2. The van der Waals surface area contributed by atoms with Crippen LogP contribution in [-0.4, -0.2) is 25.2 Å². The number of ether oxygens (including phenoxy) is 1. The molecule has 0 bridgehead atoms. The monoisotopic (exact) mass is 256 g/mol. The van der Waals surface area contributed by atoms with Crippen molar-refractivity contribution in [3.05, 3.63) is 15.6 Å². The summed E-state index contributed by atoms with van der Waals surface area (Å²) in [7, 11) is 1.74. The zero-order valence-corrected chi connectivity index (χ0v) is 12.4. The van der Waals surface area contributed by atoms with E-state index in [0.29, 0.717) is 12.0 Å². The van der Waals surface area contributed by atoms with Crippen LogP contribution in [0.4, 0.5) is 0 Å². The molecule has 1 aromatic heterocycles. The van der Waals surface area contributed by atoms with E-state index in [-0.39, 0.29) is 0 Å². The van der Waals surface area contributed by atoms with Crippen molar-refractivity contribution in [2.45, 2.75) is 46.1 Å². The Morgan fingerprint density at radius 2 is 2.12 bits per heavy atom. The number of aryl methyl sites for hydroxylation is 1. The highest BCUT2D eigenvalue weighted by atomic mass is 32.1. The molecule has 0 saturated carbocycles. The van der Waals surface area contributed by atoms with Gasteiger partial charge in [0.05, 0.1) is 17.3 Å². The predicted molar refractivity (Wildman–Crippen MR) is 73.9 cm³/mol. The molecule has 0 aliphatic rings. The Balaban J connectivity index is 2.73. The first-order chi connectivity index (χ1) is 8.10. The number of aromatic nitrogens is 1. The molecule has 2 atom stereocenters. The minimum absolute atomic E-state index is 0.385. The highest BCUT2D eigenvalue weighted by Gasteiger charge is 2.17. The highest BCUT2D eigenvalue weighted by Crippen LogP contribution is 2.29. The minimum atomic E-state index is 0.385. The molecule has 0 spiro atoms. The Morgan fingerprint density at radius 3 is 2.71 bits per heavy atom. The Hall–Kier alpha value is -0.450. The van der Waals surface area contributed by atoms with E-state index < -0.39 is 0 Å². The molecule has 0 saturated heterocycles. The van der Waals surface area contributed by atoms with E-state index in [1.165, 1.54) is 9.88 Å². The molecule has 1 rings (SSSR count). The maximum atomic E-state index is 5.18. The third kappa shape index (κ3) is 4.05. The van der Waals surface area contributed by atoms with E-state index >= 15 is 0 Å². The van der Waals surface area contributed by atoms with Gasteiger partial charge in [0.25, 0.3) is 0 Å². The van der Waals surface area contributed by atoms with Crippen LogP contribution in [0.5, 0.6) is 0 Å². The lowest BCUT2D eigenvalue weighted by Crippen LogP contribution is -2.18. The van der Waals surface area contributed by atoms with Crippen LogP contribution in [0.15, 0.2) is 0 Å². The number of nitrogens with zero attached hydrogens (tertiary/aromatic N) is 1. The molecule has 0 fully saturated rings. The molecule has 1 N–H and O–H groups in total. The molecule has 4 heteroatoms. The van der Waals surface area contributed by atoms with E-state index in [1.54, 1.807) is 7.11 Å². The van der Waals surface area contributed by atoms with E-state index in [1.807, 2.05) is 11.3 Å². The maximum absolute atomic E-state index is 5.18. The Kier molecular flexibility index (Phi) is 6.09. The van der Waals surface area contributed by atoms with Gasteiger partial charge >= 0.3 is 0 Å². The van der Waals surface area contributed by atoms with E-state index in [9.17, 15) is 0 Å². The van der Waals surface area contributed by atoms with Crippen molar-refractivity contribution in [2.24, 2.45) is 0 Å². The summed E-state index contributed by atoms with van der Waals surface area (Å²) in [5, 5.41) is 4.70. The van der Waals surface area contributed by atoms with Crippen LogP contribution in [0.3, 0.4) is 0 Å². The summed E-state index contributed by atoms with van der Waals surface area (Å²) in [5.74, 6) is 0.385. The Labute approximate surface area is 109 Å². The van der Waals surface area contributed by atoms with Crippen LogP contribution in [0.1, 0.15) is 54.7 Å². The third-order valence-electron chi connectivity index (χ3n) is 2.78. The summed E-state index contributed by atoms with van der Waals surface area (Å²) >= 11 is 1.81. The quantitative estimate of drug-likeness (QED) is 0.813. The van der Waals surface area contributed by atoms with E-state index in [0.717, 1.165) is 25.3 Å². The number of rotatable bonds is 7. The molecule has 2 unspecified atom stereocenters. The fourth-order valence-electron chi connectivity index (χ4n) is 1.82. The predicted octanol–water partition coefficient (Wildman–Crippen LogP) is 3.26. The van der Waals surface area contributed by atoms with Crippen LogP contribution >= 0.6 is 11.3 Å². The van der Waals surface area contributed by atoms with Gasteiger partial charge in [0.1, 0.15) is 0 Å². The van der Waals surface area contributed by atoms with Gasteiger partial charge in [-0.1, -0.05) is 13.8 Å². The van der Waals surface area contributed by atoms with Gasteiger partial charge in [0.2, 0.25) is 0 Å². The van der Waals surface area contributed by atoms with E-state index in [4.69, 9.17) is 4.74 Å². The second kappa shape index (κ2) is 7.09. The Bertz CT molecular complexity index is 338. The summed E-state index contributed by atoms with van der Waals surface area (Å²) in [6.07, 6.45) is 1.16. The molecule has 0 radical (unpaired) electrons. The van der Waals surface area contributed by atoms with Crippen LogP contribution in [0.2, 0.25) is 0 Å². The molecular weight excluding hydrogens is 232 g/mol. The summed E-state index contributed by atoms with van der Waals surface area (Å²) in [6.45, 7) is 10.4. The molecular formula is C13H24N2OS. The first-order valence-electron chi connectivity index (χ1n) is 6.29. The largest absolute Gasteiger partial charge is 0.384 e. The lowest BCUT2D eigenvalue weighted by Gasteiger charge is -2.11. The molecule has 3 nitrogen and oxygen atoms in total. The van der Waals surface area contributed by atoms with Crippen molar-refractivity contribution < 1.29 is 4.74 Å². The standard InChI is InChI=1S/C13H24N2OS/c1-6-7-14-10(3)12-11(4)15-13(17-12)9(2)8-16-5/h9-10,14H,6-8H2,1-5H3.